The van der Waals surface area contributed by atoms with Gasteiger partial charge in [0.25, 0.3) is 0 Å². The lowest BCUT2D eigenvalue weighted by atomic mass is 9.69. The summed E-state index contributed by atoms with van der Waals surface area (Å²) in [6.07, 6.45) is 1.34. The van der Waals surface area contributed by atoms with Crippen LogP contribution in [-0.2, 0) is 9.59 Å². The first-order chi connectivity index (χ1) is 6.35. The molecule has 0 aromatic heterocycles. The van der Waals surface area contributed by atoms with E-state index in [-0.39, 0.29) is 16.5 Å². The second-order valence-corrected chi connectivity index (χ2v) is 5.83. The Morgan fingerprint density at radius 2 is 2.14 bits per heavy atom. The fourth-order valence-electron chi connectivity index (χ4n) is 3.23. The SMILES string of the molecule is CC1(C)[C@@H]2CC[C@@]1(C(=O)O)C(=O)[C@@H]2Br. The van der Waals surface area contributed by atoms with Gasteiger partial charge in [0.05, 0.1) is 4.83 Å². The number of fused-ring (bicyclic) bond motifs is 2. The van der Waals surface area contributed by atoms with Gasteiger partial charge in [0.1, 0.15) is 5.41 Å². The van der Waals surface area contributed by atoms with Gasteiger partial charge < -0.3 is 5.11 Å². The van der Waals surface area contributed by atoms with Crippen LogP contribution < -0.4 is 0 Å². The second-order valence-electron chi connectivity index (χ2n) is 4.84. The average molecular weight is 261 g/mol. The van der Waals surface area contributed by atoms with Crippen LogP contribution in [0, 0.1) is 16.7 Å². The number of alkyl halides is 1. The normalized spacial score (nSPS) is 44.4. The molecule has 3 atom stereocenters. The van der Waals surface area contributed by atoms with Crippen LogP contribution in [0.5, 0.6) is 0 Å². The number of Topliss-reactive ketones (excluding diaryl/α,β-unsaturated/α-hetero) is 1. The molecular formula is C10H13BrO3. The number of carboxylic acid groups (broad SMARTS) is 1. The number of hydrogen-bond acceptors (Lipinski definition) is 2. The van der Waals surface area contributed by atoms with Crippen molar-refractivity contribution in [3.8, 4) is 0 Å². The molecule has 2 saturated carbocycles. The molecule has 14 heavy (non-hydrogen) atoms. The lowest BCUT2D eigenvalue weighted by Crippen LogP contribution is -2.44. The fraction of sp³-hybridized carbons (Fsp3) is 0.800. The lowest BCUT2D eigenvalue weighted by molar-refractivity contribution is -0.158. The molecule has 4 heteroatoms. The van der Waals surface area contributed by atoms with E-state index in [0.717, 1.165) is 6.42 Å². The quantitative estimate of drug-likeness (QED) is 0.578. The minimum Gasteiger partial charge on any atom is -0.480 e. The number of rotatable bonds is 1. The molecule has 0 unspecified atom stereocenters. The summed E-state index contributed by atoms with van der Waals surface area (Å²) in [6.45, 7) is 3.80. The highest BCUT2D eigenvalue weighted by Gasteiger charge is 2.72. The second kappa shape index (κ2) is 2.60. The van der Waals surface area contributed by atoms with E-state index >= 15 is 0 Å². The van der Waals surface area contributed by atoms with E-state index in [4.69, 9.17) is 0 Å². The minimum atomic E-state index is -1.13. The molecule has 0 aliphatic heterocycles. The van der Waals surface area contributed by atoms with E-state index in [0.29, 0.717) is 6.42 Å². The Morgan fingerprint density at radius 3 is 2.43 bits per heavy atom. The van der Waals surface area contributed by atoms with E-state index in [9.17, 15) is 14.7 Å². The lowest BCUT2D eigenvalue weighted by Gasteiger charge is -2.31. The van der Waals surface area contributed by atoms with E-state index in [2.05, 4.69) is 15.9 Å². The Balaban J connectivity index is 2.59. The van der Waals surface area contributed by atoms with E-state index in [1.807, 2.05) is 13.8 Å². The van der Waals surface area contributed by atoms with Crippen LogP contribution in [-0.4, -0.2) is 21.7 Å². The van der Waals surface area contributed by atoms with E-state index in [1.165, 1.54) is 0 Å². The summed E-state index contributed by atoms with van der Waals surface area (Å²) in [5, 5.41) is 9.27. The third-order valence-corrected chi connectivity index (χ3v) is 5.30. The highest BCUT2D eigenvalue weighted by atomic mass is 79.9. The van der Waals surface area contributed by atoms with E-state index < -0.39 is 16.8 Å². The molecule has 0 spiro atoms. The Bertz CT molecular complexity index is 323. The molecule has 0 aromatic rings. The molecule has 0 heterocycles. The first-order valence-corrected chi connectivity index (χ1v) is 5.69. The predicted molar refractivity (Wildman–Crippen MR) is 54.3 cm³/mol. The van der Waals surface area contributed by atoms with Gasteiger partial charge in [0.15, 0.2) is 5.78 Å². The van der Waals surface area contributed by atoms with Crippen LogP contribution in [0.2, 0.25) is 0 Å². The van der Waals surface area contributed by atoms with E-state index in [1.54, 1.807) is 0 Å². The molecule has 2 bridgehead atoms. The van der Waals surface area contributed by atoms with Crippen LogP contribution in [0.1, 0.15) is 26.7 Å². The number of halogens is 1. The number of carbonyl (C=O) groups is 2. The molecule has 0 amide bonds. The van der Waals surface area contributed by atoms with Gasteiger partial charge in [0.2, 0.25) is 0 Å². The van der Waals surface area contributed by atoms with Gasteiger partial charge in [-0.25, -0.2) is 0 Å². The first-order valence-electron chi connectivity index (χ1n) is 4.77. The Hall–Kier alpha value is -0.380. The molecule has 2 aliphatic carbocycles. The van der Waals surface area contributed by atoms with Crippen LogP contribution in [0.25, 0.3) is 0 Å². The summed E-state index contributed by atoms with van der Waals surface area (Å²) in [5.74, 6) is -0.908. The largest absolute Gasteiger partial charge is 0.480 e. The summed E-state index contributed by atoms with van der Waals surface area (Å²) in [4.78, 5) is 23.0. The number of hydrogen-bond donors (Lipinski definition) is 1. The predicted octanol–water partition coefficient (Wildman–Crippen LogP) is 1.84. The number of carboxylic acids is 1. The van der Waals surface area contributed by atoms with Crippen LogP contribution >= 0.6 is 15.9 Å². The maximum Gasteiger partial charge on any atom is 0.317 e. The molecule has 2 fully saturated rings. The monoisotopic (exact) mass is 260 g/mol. The van der Waals surface area contributed by atoms with Gasteiger partial charge in [0, 0.05) is 0 Å². The summed E-state index contributed by atoms with van der Waals surface area (Å²) in [7, 11) is 0. The zero-order chi connectivity index (χ0) is 10.7. The third-order valence-electron chi connectivity index (χ3n) is 4.25. The minimum absolute atomic E-state index is 0.133. The third kappa shape index (κ3) is 0.794. The Kier molecular flexibility index (Phi) is 1.88. The standard InChI is InChI=1S/C10H13BrO3/c1-9(2)5-3-4-10(9,8(13)14)7(12)6(5)11/h5-6H,3-4H2,1-2H3,(H,13,14)/t5-,6-,10+/m1/s1. The van der Waals surface area contributed by atoms with Gasteiger partial charge in [-0.15, -0.1) is 0 Å². The molecule has 3 nitrogen and oxygen atoms in total. The molecule has 0 aromatic carbocycles. The zero-order valence-electron chi connectivity index (χ0n) is 8.21. The molecular weight excluding hydrogens is 248 g/mol. The first kappa shape index (κ1) is 10.1. The maximum absolute atomic E-state index is 11.9. The van der Waals surface area contributed by atoms with Crippen LogP contribution in [0.4, 0.5) is 0 Å². The Labute approximate surface area is 91.0 Å². The molecule has 0 radical (unpaired) electrons. The van der Waals surface area contributed by atoms with Crippen molar-refractivity contribution in [1.29, 1.82) is 0 Å². The highest BCUT2D eigenvalue weighted by Crippen LogP contribution is 2.65. The van der Waals surface area contributed by atoms with Gasteiger partial charge in [-0.3, -0.25) is 9.59 Å². The van der Waals surface area contributed by atoms with Crippen molar-refractivity contribution in [3.05, 3.63) is 0 Å². The maximum atomic E-state index is 11.9. The smallest absolute Gasteiger partial charge is 0.317 e. The van der Waals surface area contributed by atoms with Crippen molar-refractivity contribution in [3.63, 3.8) is 0 Å². The molecule has 0 saturated heterocycles. The highest BCUT2D eigenvalue weighted by molar-refractivity contribution is 9.10. The molecule has 2 rings (SSSR count). The van der Waals surface area contributed by atoms with Crippen LogP contribution in [0.3, 0.4) is 0 Å². The van der Waals surface area contributed by atoms with Crippen molar-refractivity contribution in [1.82, 2.24) is 0 Å². The van der Waals surface area contributed by atoms with Gasteiger partial charge in [-0.05, 0) is 24.2 Å². The van der Waals surface area contributed by atoms with Crippen molar-refractivity contribution in [2.75, 3.05) is 0 Å². The van der Waals surface area contributed by atoms with Gasteiger partial charge in [-0.2, -0.15) is 0 Å². The summed E-state index contributed by atoms with van der Waals surface area (Å²) >= 11 is 3.33. The summed E-state index contributed by atoms with van der Waals surface area (Å²) in [5.41, 5.74) is -1.55. The molecule has 78 valence electrons. The zero-order valence-corrected chi connectivity index (χ0v) is 9.80. The summed E-state index contributed by atoms with van der Waals surface area (Å²) in [6, 6.07) is 0. The number of ketones is 1. The van der Waals surface area contributed by atoms with Crippen molar-refractivity contribution < 1.29 is 14.7 Å². The number of aliphatic carboxylic acids is 1. The fourth-order valence-corrected chi connectivity index (χ4v) is 4.55. The Morgan fingerprint density at radius 1 is 1.57 bits per heavy atom. The van der Waals surface area contributed by atoms with Crippen molar-refractivity contribution in [2.24, 2.45) is 16.7 Å². The number of carbonyl (C=O) groups excluding carboxylic acids is 1. The van der Waals surface area contributed by atoms with Crippen molar-refractivity contribution >= 4 is 27.7 Å². The van der Waals surface area contributed by atoms with Crippen LogP contribution in [0.15, 0.2) is 0 Å². The topological polar surface area (TPSA) is 54.4 Å². The van der Waals surface area contributed by atoms with Gasteiger partial charge >= 0.3 is 5.97 Å². The van der Waals surface area contributed by atoms with Gasteiger partial charge in [-0.1, -0.05) is 29.8 Å². The van der Waals surface area contributed by atoms with Crippen molar-refractivity contribution in [2.45, 2.75) is 31.5 Å². The molecule has 2 aliphatic rings. The summed E-state index contributed by atoms with van der Waals surface area (Å²) < 4.78 is 0. The average Bonchev–Trinajstić information content (AvgIpc) is 2.41. The molecule has 1 N–H and O–H groups in total.